The highest BCUT2D eigenvalue weighted by atomic mass is 16.6. The van der Waals surface area contributed by atoms with E-state index in [9.17, 15) is 14.9 Å². The fourth-order valence-electron chi connectivity index (χ4n) is 4.57. The molecule has 2 aromatic rings. The minimum absolute atomic E-state index is 0.0667. The van der Waals surface area contributed by atoms with Gasteiger partial charge >= 0.3 is 11.2 Å². The van der Waals surface area contributed by atoms with E-state index in [2.05, 4.69) is 10.3 Å². The minimum atomic E-state index is -0.645. The number of nitrogens with zero attached hydrogens (tertiary/aromatic N) is 3. The summed E-state index contributed by atoms with van der Waals surface area (Å²) in [4.78, 5) is 27.6. The summed E-state index contributed by atoms with van der Waals surface area (Å²) in [6.45, 7) is 2.05. The van der Waals surface area contributed by atoms with Gasteiger partial charge in [0.1, 0.15) is 5.65 Å². The molecule has 0 spiro atoms. The van der Waals surface area contributed by atoms with E-state index in [1.165, 1.54) is 36.3 Å². The van der Waals surface area contributed by atoms with Crippen molar-refractivity contribution in [1.29, 1.82) is 0 Å². The van der Waals surface area contributed by atoms with Crippen LogP contribution in [0, 0.1) is 27.9 Å². The van der Waals surface area contributed by atoms with Gasteiger partial charge in [-0.15, -0.1) is 0 Å². The molecule has 0 aliphatic heterocycles. The molecule has 7 nitrogen and oxygen atoms in total. The largest absolute Gasteiger partial charge is 0.376 e. The molecule has 7 heteroatoms. The molecule has 126 valence electrons. The van der Waals surface area contributed by atoms with Gasteiger partial charge < -0.3 is 5.32 Å². The monoisotopic (exact) mass is 328 g/mol. The van der Waals surface area contributed by atoms with E-state index in [-0.39, 0.29) is 11.9 Å². The van der Waals surface area contributed by atoms with E-state index < -0.39 is 16.2 Å². The van der Waals surface area contributed by atoms with E-state index in [1.54, 1.807) is 18.2 Å². The fraction of sp³-hybridized carbons (Fsp3) is 0.529. The van der Waals surface area contributed by atoms with E-state index in [0.29, 0.717) is 17.5 Å². The lowest BCUT2D eigenvalue weighted by Gasteiger charge is -2.28. The van der Waals surface area contributed by atoms with E-state index in [4.69, 9.17) is 0 Å². The van der Waals surface area contributed by atoms with Crippen molar-refractivity contribution in [2.24, 2.45) is 17.8 Å². The Morgan fingerprint density at radius 2 is 2.21 bits per heavy atom. The molecule has 4 atom stereocenters. The van der Waals surface area contributed by atoms with Crippen LogP contribution < -0.4 is 10.9 Å². The van der Waals surface area contributed by atoms with Crippen molar-refractivity contribution >= 4 is 17.2 Å². The van der Waals surface area contributed by atoms with Crippen LogP contribution in [0.3, 0.4) is 0 Å². The van der Waals surface area contributed by atoms with Crippen molar-refractivity contribution in [3.63, 3.8) is 0 Å². The molecule has 0 radical (unpaired) electrons. The number of hydrogen-bond donors (Lipinski definition) is 1. The van der Waals surface area contributed by atoms with Crippen LogP contribution in [0.5, 0.6) is 0 Å². The SMILES string of the molecule is C[C@@H](Nc1nc2ccccn2c(=O)c1[N+](=O)[O-])[C@@H]1C[C@H]2CC[C@H]1C2. The van der Waals surface area contributed by atoms with Gasteiger partial charge in [-0.25, -0.2) is 4.98 Å². The third-order valence-corrected chi connectivity index (χ3v) is 5.69. The van der Waals surface area contributed by atoms with Gasteiger partial charge in [-0.3, -0.25) is 19.3 Å². The van der Waals surface area contributed by atoms with Crippen molar-refractivity contribution in [1.82, 2.24) is 9.38 Å². The van der Waals surface area contributed by atoms with Gasteiger partial charge in [0.2, 0.25) is 5.82 Å². The molecule has 2 aliphatic rings. The molecule has 1 N–H and O–H groups in total. The maximum atomic E-state index is 12.5. The molecule has 0 aromatic carbocycles. The summed E-state index contributed by atoms with van der Waals surface area (Å²) in [5.74, 6) is 2.08. The van der Waals surface area contributed by atoms with E-state index in [1.807, 2.05) is 6.92 Å². The lowest BCUT2D eigenvalue weighted by molar-refractivity contribution is -0.385. The summed E-state index contributed by atoms with van der Waals surface area (Å²) in [5.41, 5.74) is -0.710. The maximum Gasteiger partial charge on any atom is 0.376 e. The second-order valence-electron chi connectivity index (χ2n) is 7.07. The van der Waals surface area contributed by atoms with Gasteiger partial charge in [-0.2, -0.15) is 0 Å². The smallest absolute Gasteiger partial charge is 0.361 e. The standard InChI is InChI=1S/C17H20N4O3/c1-10(13-9-11-5-6-12(13)8-11)18-16-15(21(23)24)17(22)20-7-3-2-4-14(20)19-16/h2-4,7,10-13,18H,5-6,8-9H2,1H3/t10-,11+,12+,13+/m1/s1. The number of nitrogens with one attached hydrogen (secondary N) is 1. The molecule has 0 amide bonds. The van der Waals surface area contributed by atoms with Crippen LogP contribution in [0.4, 0.5) is 11.5 Å². The Kier molecular flexibility index (Phi) is 3.51. The Morgan fingerprint density at radius 1 is 1.38 bits per heavy atom. The van der Waals surface area contributed by atoms with Gasteiger partial charge in [0.05, 0.1) is 4.92 Å². The topological polar surface area (TPSA) is 89.5 Å². The fourth-order valence-corrected chi connectivity index (χ4v) is 4.57. The highest BCUT2D eigenvalue weighted by Gasteiger charge is 2.42. The van der Waals surface area contributed by atoms with Crippen LogP contribution in [0.15, 0.2) is 29.2 Å². The van der Waals surface area contributed by atoms with Gasteiger partial charge in [0.25, 0.3) is 0 Å². The van der Waals surface area contributed by atoms with E-state index in [0.717, 1.165) is 5.92 Å². The van der Waals surface area contributed by atoms with Gasteiger partial charge in [0, 0.05) is 12.2 Å². The predicted molar refractivity (Wildman–Crippen MR) is 90.1 cm³/mol. The molecule has 2 heterocycles. The quantitative estimate of drug-likeness (QED) is 0.688. The average Bonchev–Trinajstić information content (AvgIpc) is 3.17. The first-order chi connectivity index (χ1) is 11.5. The Balaban J connectivity index is 1.71. The molecule has 2 bridgehead atoms. The number of fused-ring (bicyclic) bond motifs is 3. The molecule has 2 aliphatic carbocycles. The van der Waals surface area contributed by atoms with Crippen molar-refractivity contribution in [2.75, 3.05) is 5.32 Å². The number of nitro groups is 1. The third-order valence-electron chi connectivity index (χ3n) is 5.69. The molecule has 0 unspecified atom stereocenters. The first-order valence-electron chi connectivity index (χ1n) is 8.47. The molecule has 24 heavy (non-hydrogen) atoms. The zero-order valence-corrected chi connectivity index (χ0v) is 13.5. The Hall–Kier alpha value is -2.44. The van der Waals surface area contributed by atoms with Crippen molar-refractivity contribution in [3.05, 3.63) is 44.9 Å². The lowest BCUT2D eigenvalue weighted by Crippen LogP contribution is -2.32. The number of pyridine rings is 1. The highest BCUT2D eigenvalue weighted by Crippen LogP contribution is 2.49. The number of aromatic nitrogens is 2. The second-order valence-corrected chi connectivity index (χ2v) is 7.07. The molecule has 4 rings (SSSR count). The van der Waals surface area contributed by atoms with Crippen LogP contribution >= 0.6 is 0 Å². The summed E-state index contributed by atoms with van der Waals surface area (Å²) >= 11 is 0. The zero-order valence-electron chi connectivity index (χ0n) is 13.5. The van der Waals surface area contributed by atoms with Crippen LogP contribution in [0.25, 0.3) is 5.65 Å². The number of hydrogen-bond acceptors (Lipinski definition) is 5. The summed E-state index contributed by atoms with van der Waals surface area (Å²) in [6, 6.07) is 5.16. The highest BCUT2D eigenvalue weighted by molar-refractivity contribution is 5.60. The Labute approximate surface area is 138 Å². The van der Waals surface area contributed by atoms with E-state index >= 15 is 0 Å². The number of rotatable bonds is 4. The summed E-state index contributed by atoms with van der Waals surface area (Å²) < 4.78 is 1.21. The van der Waals surface area contributed by atoms with Crippen molar-refractivity contribution < 1.29 is 4.92 Å². The van der Waals surface area contributed by atoms with Crippen LogP contribution in [-0.2, 0) is 0 Å². The summed E-state index contributed by atoms with van der Waals surface area (Å²) in [6.07, 6.45) is 6.49. The number of anilines is 1. The second kappa shape index (κ2) is 5.58. The molecule has 0 saturated heterocycles. The summed E-state index contributed by atoms with van der Waals surface area (Å²) in [7, 11) is 0. The third kappa shape index (κ3) is 2.35. The predicted octanol–water partition coefficient (Wildman–Crippen LogP) is 2.84. The van der Waals surface area contributed by atoms with Gasteiger partial charge in [-0.05, 0) is 56.1 Å². The maximum absolute atomic E-state index is 12.5. The molecule has 2 fully saturated rings. The normalized spacial score (nSPS) is 26.6. The first-order valence-corrected chi connectivity index (χ1v) is 8.47. The Bertz CT molecular complexity index is 863. The zero-order chi connectivity index (χ0) is 16.8. The molecular weight excluding hydrogens is 308 g/mol. The van der Waals surface area contributed by atoms with Crippen LogP contribution in [0.2, 0.25) is 0 Å². The van der Waals surface area contributed by atoms with Crippen LogP contribution in [0.1, 0.15) is 32.6 Å². The lowest BCUT2D eigenvalue weighted by atomic mass is 9.84. The molecule has 2 saturated carbocycles. The van der Waals surface area contributed by atoms with Gasteiger partial charge in [-0.1, -0.05) is 12.5 Å². The van der Waals surface area contributed by atoms with Gasteiger partial charge in [0.15, 0.2) is 0 Å². The molecule has 2 aromatic heterocycles. The molecular formula is C17H20N4O3. The Morgan fingerprint density at radius 3 is 2.88 bits per heavy atom. The van der Waals surface area contributed by atoms with Crippen LogP contribution in [-0.4, -0.2) is 20.3 Å². The van der Waals surface area contributed by atoms with Crippen molar-refractivity contribution in [2.45, 2.75) is 38.6 Å². The van der Waals surface area contributed by atoms with Crippen molar-refractivity contribution in [3.8, 4) is 0 Å². The summed E-state index contributed by atoms with van der Waals surface area (Å²) in [5, 5.41) is 14.6. The minimum Gasteiger partial charge on any atom is -0.361 e. The first kappa shape index (κ1) is 15.1. The average molecular weight is 328 g/mol.